The second-order valence-electron chi connectivity index (χ2n) is 8.13. The Bertz CT molecular complexity index is 1180. The minimum absolute atomic E-state index is 0.243. The fraction of sp³-hybridized carbons (Fsp3) is 0.364. The van der Waals surface area contributed by atoms with E-state index >= 15 is 0 Å². The van der Waals surface area contributed by atoms with Gasteiger partial charge in [0, 0.05) is 24.3 Å². The Kier molecular flexibility index (Phi) is 5.53. The van der Waals surface area contributed by atoms with Crippen molar-refractivity contribution in [2.45, 2.75) is 38.7 Å². The maximum absolute atomic E-state index is 14.6. The molecule has 10 heteroatoms. The number of pyridine rings is 1. The molecule has 2 aromatic heterocycles. The highest BCUT2D eigenvalue weighted by Gasteiger charge is 2.48. The summed E-state index contributed by atoms with van der Waals surface area (Å²) in [5, 5.41) is 10.0. The molecule has 0 aliphatic carbocycles. The number of nitrogen functional groups attached to an aromatic ring is 1. The fourth-order valence-corrected chi connectivity index (χ4v) is 4.00. The zero-order valence-corrected chi connectivity index (χ0v) is 17.7. The van der Waals surface area contributed by atoms with Gasteiger partial charge in [0.25, 0.3) is 5.92 Å². The molecule has 4 rings (SSSR count). The molecule has 1 aliphatic rings. The molecule has 2 atom stereocenters. The molecule has 4 N–H and O–H groups in total. The molecule has 8 nitrogen and oxygen atoms in total. The number of nitrogens with zero attached hydrogens (tertiary/aromatic N) is 3. The summed E-state index contributed by atoms with van der Waals surface area (Å²) >= 11 is 0. The van der Waals surface area contributed by atoms with Crippen LogP contribution in [0, 0.1) is 5.92 Å². The van der Waals surface area contributed by atoms with Crippen LogP contribution in [-0.4, -0.2) is 44.4 Å². The zero-order chi connectivity index (χ0) is 23.0. The molecule has 1 saturated heterocycles. The van der Waals surface area contributed by atoms with Crippen molar-refractivity contribution >= 4 is 34.2 Å². The molecule has 1 aliphatic heterocycles. The van der Waals surface area contributed by atoms with Gasteiger partial charge in [-0.2, -0.15) is 5.10 Å². The number of carbonyl (C=O) groups is 2. The van der Waals surface area contributed by atoms with Gasteiger partial charge in [-0.3, -0.25) is 14.7 Å². The summed E-state index contributed by atoms with van der Waals surface area (Å²) in [4.78, 5) is 31.1. The van der Waals surface area contributed by atoms with Crippen LogP contribution in [0.25, 0.3) is 10.9 Å². The minimum Gasteiger partial charge on any atom is -0.383 e. The third-order valence-corrected chi connectivity index (χ3v) is 5.98. The van der Waals surface area contributed by atoms with Gasteiger partial charge in [0.15, 0.2) is 0 Å². The number of likely N-dealkylation sites (tertiary alicyclic amines) is 1. The van der Waals surface area contributed by atoms with E-state index in [2.05, 4.69) is 20.5 Å². The number of aromatic nitrogens is 3. The third-order valence-electron chi connectivity index (χ3n) is 5.98. The van der Waals surface area contributed by atoms with Gasteiger partial charge in [0.2, 0.25) is 0 Å². The van der Waals surface area contributed by atoms with Crippen molar-refractivity contribution in [3.63, 3.8) is 0 Å². The number of nitrogens with one attached hydrogen (secondary N) is 2. The number of H-pyrrole nitrogens is 1. The van der Waals surface area contributed by atoms with Crippen LogP contribution in [-0.2, 0) is 16.0 Å². The monoisotopic (exact) mass is 442 g/mol. The molecule has 0 unspecified atom stereocenters. The molecule has 1 fully saturated rings. The van der Waals surface area contributed by atoms with Crippen molar-refractivity contribution in [1.82, 2.24) is 20.1 Å². The number of fused-ring (bicyclic) bond motifs is 1. The van der Waals surface area contributed by atoms with Crippen LogP contribution in [0.3, 0.4) is 0 Å². The SMILES string of the molecule is CCc1cc(NC(=O)C(=O)N2C[C@@H](C)C(F)(F)C[C@H]2c2ccc3[nH]ncc3c2)cnc1N. The number of benzene rings is 1. The van der Waals surface area contributed by atoms with Crippen molar-refractivity contribution in [1.29, 1.82) is 0 Å². The molecular weight excluding hydrogens is 418 g/mol. The minimum atomic E-state index is -2.97. The first-order valence-corrected chi connectivity index (χ1v) is 10.4. The number of hydrogen-bond donors (Lipinski definition) is 3. The van der Waals surface area contributed by atoms with E-state index in [0.29, 0.717) is 23.5 Å². The fourth-order valence-electron chi connectivity index (χ4n) is 4.00. The van der Waals surface area contributed by atoms with Crippen molar-refractivity contribution < 1.29 is 18.4 Å². The van der Waals surface area contributed by atoms with Gasteiger partial charge >= 0.3 is 11.8 Å². The number of piperidine rings is 1. The van der Waals surface area contributed by atoms with Crippen LogP contribution in [0.15, 0.2) is 36.7 Å². The summed E-state index contributed by atoms with van der Waals surface area (Å²) in [6, 6.07) is 5.81. The van der Waals surface area contributed by atoms with E-state index in [0.717, 1.165) is 16.5 Å². The highest BCUT2D eigenvalue weighted by Crippen LogP contribution is 2.43. The Balaban J connectivity index is 1.62. The number of carbonyl (C=O) groups excluding carboxylic acids is 2. The quantitative estimate of drug-likeness (QED) is 0.538. The number of halogens is 2. The molecule has 3 aromatic rings. The van der Waals surface area contributed by atoms with E-state index in [1.165, 1.54) is 18.0 Å². The summed E-state index contributed by atoms with van der Waals surface area (Å²) in [7, 11) is 0. The van der Waals surface area contributed by atoms with Gasteiger partial charge in [0.05, 0.1) is 29.6 Å². The smallest absolute Gasteiger partial charge is 0.313 e. The molecule has 0 radical (unpaired) electrons. The average Bonchev–Trinajstić information content (AvgIpc) is 3.24. The lowest BCUT2D eigenvalue weighted by Crippen LogP contribution is -2.52. The van der Waals surface area contributed by atoms with Crippen molar-refractivity contribution in [2.24, 2.45) is 5.92 Å². The summed E-state index contributed by atoms with van der Waals surface area (Å²) < 4.78 is 29.2. The number of amides is 2. The Labute approximate surface area is 183 Å². The largest absolute Gasteiger partial charge is 0.383 e. The highest BCUT2D eigenvalue weighted by atomic mass is 19.3. The number of nitrogens with two attached hydrogens (primary N) is 1. The molecule has 0 spiro atoms. The molecule has 3 heterocycles. The van der Waals surface area contributed by atoms with E-state index in [9.17, 15) is 18.4 Å². The molecule has 0 saturated carbocycles. The lowest BCUT2D eigenvalue weighted by atomic mass is 9.86. The maximum Gasteiger partial charge on any atom is 0.313 e. The summed E-state index contributed by atoms with van der Waals surface area (Å²) in [6.07, 6.45) is 2.98. The molecule has 32 heavy (non-hydrogen) atoms. The van der Waals surface area contributed by atoms with Crippen molar-refractivity contribution in [3.05, 3.63) is 47.8 Å². The molecule has 168 valence electrons. The lowest BCUT2D eigenvalue weighted by Gasteiger charge is -2.42. The van der Waals surface area contributed by atoms with Crippen molar-refractivity contribution in [2.75, 3.05) is 17.6 Å². The number of aromatic amines is 1. The van der Waals surface area contributed by atoms with Gasteiger partial charge in [-0.05, 0) is 35.7 Å². The zero-order valence-electron chi connectivity index (χ0n) is 17.7. The summed E-state index contributed by atoms with van der Waals surface area (Å²) in [5.41, 5.74) is 8.11. The van der Waals surface area contributed by atoms with E-state index in [1.807, 2.05) is 6.92 Å². The van der Waals surface area contributed by atoms with Crippen molar-refractivity contribution in [3.8, 4) is 0 Å². The van der Waals surface area contributed by atoms with E-state index in [4.69, 9.17) is 5.73 Å². The highest BCUT2D eigenvalue weighted by molar-refractivity contribution is 6.39. The van der Waals surface area contributed by atoms with Gasteiger partial charge in [-0.1, -0.05) is 19.9 Å². The normalized spacial score (nSPS) is 20.3. The Morgan fingerprint density at radius 2 is 2.09 bits per heavy atom. The number of hydrogen-bond acceptors (Lipinski definition) is 5. The number of aryl methyl sites for hydroxylation is 1. The van der Waals surface area contributed by atoms with Crippen LogP contribution >= 0.6 is 0 Å². The number of anilines is 2. The standard InChI is InChI=1S/C22H24F2N6O2/c1-3-13-7-16(10-26-19(13)25)28-20(31)21(32)30-11-12(2)22(23,24)8-18(30)14-4-5-17-15(6-14)9-27-29-17/h4-7,9-10,12,18H,3,8,11H2,1-2H3,(H2,25,26)(H,27,29)(H,28,31)/t12-,18+/m1/s1. The van der Waals surface area contributed by atoms with Crippen LogP contribution in [0.4, 0.5) is 20.3 Å². The van der Waals surface area contributed by atoms with E-state index in [-0.39, 0.29) is 6.54 Å². The Morgan fingerprint density at radius 3 is 2.84 bits per heavy atom. The predicted octanol–water partition coefficient (Wildman–Crippen LogP) is 3.29. The van der Waals surface area contributed by atoms with Gasteiger partial charge < -0.3 is 16.0 Å². The molecular formula is C22H24F2N6O2. The Hall–Kier alpha value is -3.56. The van der Waals surface area contributed by atoms with E-state index < -0.39 is 36.1 Å². The van der Waals surface area contributed by atoms with Crippen LogP contribution in [0.1, 0.15) is 37.4 Å². The van der Waals surface area contributed by atoms with Gasteiger partial charge in [0.1, 0.15) is 5.82 Å². The first kappa shape index (κ1) is 21.7. The Morgan fingerprint density at radius 1 is 1.31 bits per heavy atom. The summed E-state index contributed by atoms with van der Waals surface area (Å²) in [6.45, 7) is 3.03. The van der Waals surface area contributed by atoms with Crippen LogP contribution in [0.5, 0.6) is 0 Å². The average molecular weight is 442 g/mol. The second kappa shape index (κ2) is 8.18. The van der Waals surface area contributed by atoms with Gasteiger partial charge in [-0.15, -0.1) is 0 Å². The molecule has 2 amide bonds. The lowest BCUT2D eigenvalue weighted by molar-refractivity contribution is -0.159. The predicted molar refractivity (Wildman–Crippen MR) is 116 cm³/mol. The van der Waals surface area contributed by atoms with Crippen LogP contribution in [0.2, 0.25) is 0 Å². The molecule has 1 aromatic carbocycles. The first-order valence-electron chi connectivity index (χ1n) is 10.4. The van der Waals surface area contributed by atoms with Crippen LogP contribution < -0.4 is 11.1 Å². The number of rotatable bonds is 3. The van der Waals surface area contributed by atoms with Gasteiger partial charge in [-0.25, -0.2) is 13.8 Å². The molecule has 0 bridgehead atoms. The topological polar surface area (TPSA) is 117 Å². The van der Waals surface area contributed by atoms with E-state index in [1.54, 1.807) is 30.5 Å². The third kappa shape index (κ3) is 4.00. The summed E-state index contributed by atoms with van der Waals surface area (Å²) in [5.74, 6) is -5.50. The number of alkyl halides is 2. The first-order chi connectivity index (χ1) is 15.2. The maximum atomic E-state index is 14.6. The second-order valence-corrected chi connectivity index (χ2v) is 8.13.